The van der Waals surface area contributed by atoms with E-state index in [1.807, 2.05) is 32.9 Å². The van der Waals surface area contributed by atoms with Gasteiger partial charge in [-0.25, -0.2) is 4.98 Å². The van der Waals surface area contributed by atoms with E-state index < -0.39 is 20.1 Å². The monoisotopic (exact) mass is 593 g/mol. The molecule has 0 radical (unpaired) electrons. The number of hydrogen-bond donors (Lipinski definition) is 2. The van der Waals surface area contributed by atoms with E-state index in [-0.39, 0.29) is 10.2 Å². The molecule has 0 amide bonds. The van der Waals surface area contributed by atoms with Crippen LogP contribution in [0.4, 0.5) is 24.7 Å². The summed E-state index contributed by atoms with van der Waals surface area (Å²) < 4.78 is 46.0. The first-order valence-electron chi connectivity index (χ1n) is 13.3. The molecule has 0 fully saturated rings. The van der Waals surface area contributed by atoms with Crippen LogP contribution in [0.3, 0.4) is 0 Å². The van der Waals surface area contributed by atoms with Gasteiger partial charge in [0.2, 0.25) is 0 Å². The number of nitrogens with one attached hydrogen (secondary N) is 2. The van der Waals surface area contributed by atoms with Gasteiger partial charge in [-0.15, -0.1) is 0 Å². The van der Waals surface area contributed by atoms with Crippen molar-refractivity contribution >= 4 is 47.5 Å². The predicted molar refractivity (Wildman–Crippen MR) is 168 cm³/mol. The Bertz CT molecular complexity index is 1480. The van der Waals surface area contributed by atoms with E-state index in [4.69, 9.17) is 21.6 Å². The molecule has 0 saturated carbocycles. The van der Waals surface area contributed by atoms with E-state index in [0.29, 0.717) is 17.2 Å². The van der Waals surface area contributed by atoms with Gasteiger partial charge in [-0.3, -0.25) is 0 Å². The molecule has 4 nitrogen and oxygen atoms in total. The van der Waals surface area contributed by atoms with Gasteiger partial charge in [-0.05, 0) is 83.8 Å². The molecule has 0 saturated heterocycles. The van der Waals surface area contributed by atoms with E-state index in [2.05, 4.69) is 79.9 Å². The molecular weight excluding hydrogens is 560 g/mol. The molecule has 2 N–H and O–H groups in total. The van der Waals surface area contributed by atoms with Crippen LogP contribution in [-0.4, -0.2) is 18.4 Å². The SMILES string of the molecule is Cc1nc(NC(=S)Nc2ccc(C(F)(F)F)cc2)c(C)c(C)c1O[Si](c1ccccc1)(c1ccccc1)C(C)(C)C. The number of nitrogens with zero attached hydrogens (tertiary/aromatic N) is 1. The maximum Gasteiger partial charge on any atom is 0.416 e. The van der Waals surface area contributed by atoms with Crippen LogP contribution in [0.2, 0.25) is 5.04 Å². The lowest BCUT2D eigenvalue weighted by molar-refractivity contribution is -0.137. The second-order valence-corrected chi connectivity index (χ2v) is 15.7. The number of rotatable bonds is 6. The van der Waals surface area contributed by atoms with Crippen LogP contribution in [0.25, 0.3) is 0 Å². The van der Waals surface area contributed by atoms with Crippen LogP contribution >= 0.6 is 12.2 Å². The third-order valence-electron chi connectivity index (χ3n) is 7.24. The molecular formula is C32H34F3N3OSSi. The fraction of sp³-hybridized carbons (Fsp3) is 0.250. The number of thiocarbonyl (C=S) groups is 1. The zero-order valence-electron chi connectivity index (χ0n) is 24.0. The third kappa shape index (κ3) is 6.31. The number of aryl methyl sites for hydroxylation is 1. The summed E-state index contributed by atoms with van der Waals surface area (Å²) in [5.74, 6) is 1.29. The average molecular weight is 594 g/mol. The number of hydrogen-bond acceptors (Lipinski definition) is 3. The second kappa shape index (κ2) is 11.7. The summed E-state index contributed by atoms with van der Waals surface area (Å²) in [6, 6.07) is 25.5. The summed E-state index contributed by atoms with van der Waals surface area (Å²) in [5, 5.41) is 8.39. The van der Waals surface area contributed by atoms with Crippen LogP contribution in [0, 0.1) is 20.8 Å². The van der Waals surface area contributed by atoms with Gasteiger partial charge in [0.05, 0.1) is 11.3 Å². The van der Waals surface area contributed by atoms with Crippen LogP contribution in [0.15, 0.2) is 84.9 Å². The Morgan fingerprint density at radius 2 is 1.27 bits per heavy atom. The first-order chi connectivity index (χ1) is 19.2. The highest BCUT2D eigenvalue weighted by Crippen LogP contribution is 2.40. The van der Waals surface area contributed by atoms with Crippen molar-refractivity contribution in [3.05, 3.63) is 107 Å². The van der Waals surface area contributed by atoms with Crippen molar-refractivity contribution in [1.29, 1.82) is 0 Å². The lowest BCUT2D eigenvalue weighted by Crippen LogP contribution is -2.69. The average Bonchev–Trinajstić information content (AvgIpc) is 2.92. The predicted octanol–water partition coefficient (Wildman–Crippen LogP) is 7.77. The number of aromatic nitrogens is 1. The van der Waals surface area contributed by atoms with Gasteiger partial charge in [-0.1, -0.05) is 81.4 Å². The summed E-state index contributed by atoms with van der Waals surface area (Å²) in [5.41, 5.74) is 2.22. The molecule has 0 spiro atoms. The second-order valence-electron chi connectivity index (χ2n) is 11.0. The minimum atomic E-state index is -4.40. The Morgan fingerprint density at radius 3 is 1.73 bits per heavy atom. The van der Waals surface area contributed by atoms with Crippen LogP contribution in [0.1, 0.15) is 43.2 Å². The van der Waals surface area contributed by atoms with Gasteiger partial charge in [0.1, 0.15) is 11.6 Å². The molecule has 3 aromatic carbocycles. The molecule has 1 heterocycles. The molecule has 1 aromatic heterocycles. The summed E-state index contributed by atoms with van der Waals surface area (Å²) in [6.45, 7) is 12.6. The highest BCUT2D eigenvalue weighted by Gasteiger charge is 2.52. The largest absolute Gasteiger partial charge is 0.533 e. The van der Waals surface area contributed by atoms with Gasteiger partial charge in [-0.2, -0.15) is 13.2 Å². The maximum absolute atomic E-state index is 12.9. The Balaban J connectivity index is 1.69. The van der Waals surface area contributed by atoms with Crippen molar-refractivity contribution in [3.63, 3.8) is 0 Å². The van der Waals surface area contributed by atoms with E-state index in [1.54, 1.807) is 0 Å². The quantitative estimate of drug-likeness (QED) is 0.177. The first-order valence-corrected chi connectivity index (χ1v) is 15.6. The van der Waals surface area contributed by atoms with E-state index in [1.165, 1.54) is 22.5 Å². The summed E-state index contributed by atoms with van der Waals surface area (Å²) in [4.78, 5) is 4.82. The van der Waals surface area contributed by atoms with Gasteiger partial charge in [0.25, 0.3) is 0 Å². The third-order valence-corrected chi connectivity index (χ3v) is 12.4. The number of anilines is 2. The van der Waals surface area contributed by atoms with Gasteiger partial charge >= 0.3 is 14.5 Å². The molecule has 0 aliphatic rings. The van der Waals surface area contributed by atoms with E-state index >= 15 is 0 Å². The Kier molecular flexibility index (Phi) is 8.61. The van der Waals surface area contributed by atoms with Crippen molar-refractivity contribution in [3.8, 4) is 5.75 Å². The Hall–Kier alpha value is -3.69. The van der Waals surface area contributed by atoms with E-state index in [0.717, 1.165) is 29.0 Å². The fourth-order valence-electron chi connectivity index (χ4n) is 5.01. The number of halogens is 3. The van der Waals surface area contributed by atoms with Gasteiger partial charge in [0.15, 0.2) is 5.11 Å². The Labute approximate surface area is 246 Å². The van der Waals surface area contributed by atoms with Crippen molar-refractivity contribution in [2.24, 2.45) is 0 Å². The molecule has 4 aromatic rings. The zero-order chi connectivity index (χ0) is 30.0. The van der Waals surface area contributed by atoms with Crippen molar-refractivity contribution < 1.29 is 17.6 Å². The zero-order valence-corrected chi connectivity index (χ0v) is 25.8. The maximum atomic E-state index is 12.9. The molecule has 4 rings (SSSR count). The van der Waals surface area contributed by atoms with Gasteiger partial charge in [0, 0.05) is 5.69 Å². The smallest absolute Gasteiger partial charge is 0.416 e. The fourth-order valence-corrected chi connectivity index (χ4v) is 9.76. The topological polar surface area (TPSA) is 46.2 Å². The van der Waals surface area contributed by atoms with Crippen molar-refractivity contribution in [2.45, 2.75) is 52.8 Å². The minimum Gasteiger partial charge on any atom is -0.533 e. The summed E-state index contributed by atoms with van der Waals surface area (Å²) in [6.07, 6.45) is -4.40. The minimum absolute atomic E-state index is 0.216. The number of pyridine rings is 1. The molecule has 9 heteroatoms. The molecule has 0 unspecified atom stereocenters. The lowest BCUT2D eigenvalue weighted by atomic mass is 10.1. The van der Waals surface area contributed by atoms with E-state index in [9.17, 15) is 13.2 Å². The normalized spacial score (nSPS) is 12.1. The molecule has 41 heavy (non-hydrogen) atoms. The number of benzene rings is 3. The molecule has 0 bridgehead atoms. The molecule has 0 aliphatic heterocycles. The molecule has 0 aliphatic carbocycles. The van der Waals surface area contributed by atoms with Crippen LogP contribution < -0.4 is 25.4 Å². The van der Waals surface area contributed by atoms with Crippen LogP contribution in [0.5, 0.6) is 5.75 Å². The standard InChI is InChI=1S/C32H34F3N3OSSi/c1-21-22(2)29(38-30(40)37-25-19-17-24(18-20-25)32(33,34)35)36-23(3)28(21)39-41(31(4,5)6,26-13-9-7-10-14-26)27-15-11-8-12-16-27/h7-20H,1-6H3,(H2,36,37,38,40). The molecule has 0 atom stereocenters. The highest BCUT2D eigenvalue weighted by atomic mass is 32.1. The van der Waals surface area contributed by atoms with Crippen LogP contribution in [-0.2, 0) is 6.18 Å². The molecule has 214 valence electrons. The van der Waals surface area contributed by atoms with Crippen molar-refractivity contribution in [1.82, 2.24) is 4.98 Å². The summed E-state index contributed by atoms with van der Waals surface area (Å²) >= 11 is 5.46. The highest BCUT2D eigenvalue weighted by molar-refractivity contribution is 7.80. The first kappa shape index (κ1) is 30.3. The van der Waals surface area contributed by atoms with Gasteiger partial charge < -0.3 is 15.1 Å². The Morgan fingerprint density at radius 1 is 0.756 bits per heavy atom. The lowest BCUT2D eigenvalue weighted by Gasteiger charge is -2.43. The summed E-state index contributed by atoms with van der Waals surface area (Å²) in [7, 11) is -2.87. The number of alkyl halides is 3. The van der Waals surface area contributed by atoms with Crippen molar-refractivity contribution in [2.75, 3.05) is 10.6 Å².